The third kappa shape index (κ3) is 5.26. The van der Waals surface area contributed by atoms with Gasteiger partial charge in [-0.2, -0.15) is 4.99 Å². The van der Waals surface area contributed by atoms with Crippen LogP contribution in [0.3, 0.4) is 0 Å². The molecule has 152 valence electrons. The van der Waals surface area contributed by atoms with Gasteiger partial charge in [-0.05, 0) is 42.6 Å². The van der Waals surface area contributed by atoms with Gasteiger partial charge < -0.3 is 9.30 Å². The molecule has 1 aromatic carbocycles. The van der Waals surface area contributed by atoms with Gasteiger partial charge >= 0.3 is 5.97 Å². The number of thiazole rings is 1. The lowest BCUT2D eigenvalue weighted by Crippen LogP contribution is -2.22. The largest absolute Gasteiger partial charge is 0.465 e. The molecule has 0 fully saturated rings. The molecule has 2 N–H and O–H groups in total. The number of ether oxygens (including phenoxy) is 1. The summed E-state index contributed by atoms with van der Waals surface area (Å²) in [5.74, 6) is -1.00. The third-order valence-electron chi connectivity index (χ3n) is 3.71. The summed E-state index contributed by atoms with van der Waals surface area (Å²) >= 11 is 2.57. The molecule has 0 radical (unpaired) electrons. The Kier molecular flexibility index (Phi) is 6.42. The summed E-state index contributed by atoms with van der Waals surface area (Å²) in [6.07, 6.45) is 2.99. The maximum Gasteiger partial charge on any atom is 0.326 e. The molecule has 2 aromatic heterocycles. The molecule has 0 bridgehead atoms. The van der Waals surface area contributed by atoms with E-state index in [0.717, 1.165) is 16.2 Å². The molecule has 8 nitrogen and oxygen atoms in total. The number of hydrogen-bond acceptors (Lipinski definition) is 7. The van der Waals surface area contributed by atoms with Gasteiger partial charge in [0.25, 0.3) is 5.91 Å². The molecule has 3 aromatic rings. The number of aromatic nitrogens is 1. The van der Waals surface area contributed by atoms with E-state index in [0.29, 0.717) is 10.2 Å². The van der Waals surface area contributed by atoms with Gasteiger partial charge in [-0.1, -0.05) is 17.4 Å². The fourth-order valence-corrected chi connectivity index (χ4v) is 4.78. The molecule has 29 heavy (non-hydrogen) atoms. The zero-order valence-electron chi connectivity index (χ0n) is 15.3. The van der Waals surface area contributed by atoms with Crippen LogP contribution in [0.2, 0.25) is 0 Å². The maximum absolute atomic E-state index is 12.3. The van der Waals surface area contributed by atoms with Gasteiger partial charge in [-0.25, -0.2) is 13.6 Å². The van der Waals surface area contributed by atoms with E-state index in [4.69, 9.17) is 9.88 Å². The number of primary sulfonamides is 1. The highest BCUT2D eigenvalue weighted by molar-refractivity contribution is 7.89. The van der Waals surface area contributed by atoms with Crippen molar-refractivity contribution in [1.29, 1.82) is 0 Å². The number of carbonyl (C=O) groups excluding carboxylic acids is 2. The van der Waals surface area contributed by atoms with Gasteiger partial charge in [0, 0.05) is 11.0 Å². The second-order valence-electron chi connectivity index (χ2n) is 5.75. The number of carbonyl (C=O) groups is 2. The molecular formula is C18H17N3O5S3. The van der Waals surface area contributed by atoms with Crippen LogP contribution in [-0.4, -0.2) is 31.5 Å². The summed E-state index contributed by atoms with van der Waals surface area (Å²) in [5, 5.41) is 7.08. The molecule has 0 aliphatic rings. The molecule has 0 saturated carbocycles. The van der Waals surface area contributed by atoms with Crippen LogP contribution in [0.1, 0.15) is 11.8 Å². The van der Waals surface area contributed by atoms with Crippen LogP contribution >= 0.6 is 22.7 Å². The second-order valence-corrected chi connectivity index (χ2v) is 9.30. The van der Waals surface area contributed by atoms with Crippen LogP contribution in [-0.2, 0) is 30.9 Å². The van der Waals surface area contributed by atoms with E-state index in [1.54, 1.807) is 13.0 Å². The molecule has 1 amide bonds. The van der Waals surface area contributed by atoms with Crippen molar-refractivity contribution in [1.82, 2.24) is 4.57 Å². The Labute approximate surface area is 174 Å². The summed E-state index contributed by atoms with van der Waals surface area (Å²) < 4.78 is 30.3. The van der Waals surface area contributed by atoms with Crippen molar-refractivity contribution in [2.24, 2.45) is 10.1 Å². The third-order valence-corrected chi connectivity index (χ3v) is 6.50. The van der Waals surface area contributed by atoms with E-state index in [2.05, 4.69) is 4.99 Å². The molecule has 0 aliphatic carbocycles. The van der Waals surface area contributed by atoms with Gasteiger partial charge in [0.15, 0.2) is 4.80 Å². The quantitative estimate of drug-likeness (QED) is 0.454. The lowest BCUT2D eigenvalue weighted by molar-refractivity contribution is -0.143. The van der Waals surface area contributed by atoms with E-state index in [-0.39, 0.29) is 22.8 Å². The zero-order valence-corrected chi connectivity index (χ0v) is 17.7. The number of rotatable bonds is 6. The van der Waals surface area contributed by atoms with Crippen molar-refractivity contribution in [3.63, 3.8) is 0 Å². The summed E-state index contributed by atoms with van der Waals surface area (Å²) in [6.45, 7) is 1.74. The van der Waals surface area contributed by atoms with Crippen molar-refractivity contribution in [2.75, 3.05) is 6.61 Å². The first-order valence-electron chi connectivity index (χ1n) is 8.40. The van der Waals surface area contributed by atoms with Crippen molar-refractivity contribution < 1.29 is 22.7 Å². The zero-order chi connectivity index (χ0) is 21.0. The predicted molar refractivity (Wildman–Crippen MR) is 112 cm³/mol. The van der Waals surface area contributed by atoms with E-state index in [1.807, 2.05) is 17.5 Å². The fraction of sp³-hybridized carbons (Fsp3) is 0.167. The average Bonchev–Trinajstić information content (AvgIpc) is 3.27. The average molecular weight is 452 g/mol. The first-order valence-corrected chi connectivity index (χ1v) is 11.6. The van der Waals surface area contributed by atoms with Crippen LogP contribution < -0.4 is 9.94 Å². The highest BCUT2D eigenvalue weighted by Crippen LogP contribution is 2.21. The van der Waals surface area contributed by atoms with Crippen LogP contribution in [0.15, 0.2) is 51.7 Å². The molecule has 0 spiro atoms. The maximum atomic E-state index is 12.3. The molecule has 0 aliphatic heterocycles. The van der Waals surface area contributed by atoms with Crippen LogP contribution in [0.5, 0.6) is 0 Å². The van der Waals surface area contributed by atoms with E-state index >= 15 is 0 Å². The van der Waals surface area contributed by atoms with Gasteiger partial charge in [0.1, 0.15) is 6.54 Å². The lowest BCUT2D eigenvalue weighted by atomic mass is 10.3. The minimum Gasteiger partial charge on any atom is -0.465 e. The Morgan fingerprint density at radius 2 is 2.10 bits per heavy atom. The van der Waals surface area contributed by atoms with E-state index in [9.17, 15) is 18.0 Å². The summed E-state index contributed by atoms with van der Waals surface area (Å²) in [7, 11) is -3.89. The van der Waals surface area contributed by atoms with Crippen molar-refractivity contribution >= 4 is 60.9 Å². The molecular weight excluding hydrogens is 434 g/mol. The van der Waals surface area contributed by atoms with Crippen LogP contribution in [0.4, 0.5) is 0 Å². The highest BCUT2D eigenvalue weighted by atomic mass is 32.2. The SMILES string of the molecule is CCOC(=O)Cn1c(=NC(=O)/C=C/c2cccs2)sc2cc(S(N)(=O)=O)ccc21. The predicted octanol–water partition coefficient (Wildman–Crippen LogP) is 2.12. The van der Waals surface area contributed by atoms with Gasteiger partial charge in [-0.15, -0.1) is 11.3 Å². The number of fused-ring (bicyclic) bond motifs is 1. The Morgan fingerprint density at radius 1 is 1.31 bits per heavy atom. The van der Waals surface area contributed by atoms with Crippen LogP contribution in [0, 0.1) is 0 Å². The first-order chi connectivity index (χ1) is 13.8. The summed E-state index contributed by atoms with van der Waals surface area (Å²) in [6, 6.07) is 7.99. The molecule has 0 unspecified atom stereocenters. The van der Waals surface area contributed by atoms with Crippen molar-refractivity contribution in [3.8, 4) is 0 Å². The minimum absolute atomic E-state index is 0.0648. The summed E-state index contributed by atoms with van der Waals surface area (Å²) in [5.41, 5.74) is 0.546. The van der Waals surface area contributed by atoms with Gasteiger partial charge in [-0.3, -0.25) is 9.59 Å². The topological polar surface area (TPSA) is 121 Å². The molecule has 11 heteroatoms. The number of esters is 1. The van der Waals surface area contributed by atoms with Gasteiger partial charge in [0.05, 0.1) is 21.7 Å². The first kappa shape index (κ1) is 21.1. The molecule has 2 heterocycles. The number of thiophene rings is 1. The monoisotopic (exact) mass is 451 g/mol. The number of nitrogens with two attached hydrogens (primary N) is 1. The van der Waals surface area contributed by atoms with E-state index in [1.165, 1.54) is 40.2 Å². The molecule has 3 rings (SSSR count). The van der Waals surface area contributed by atoms with Crippen LogP contribution in [0.25, 0.3) is 16.3 Å². The molecule has 0 saturated heterocycles. The second kappa shape index (κ2) is 8.82. The Balaban J connectivity index is 2.07. The summed E-state index contributed by atoms with van der Waals surface area (Å²) in [4.78, 5) is 29.5. The molecule has 0 atom stereocenters. The smallest absolute Gasteiger partial charge is 0.326 e. The number of sulfonamides is 1. The lowest BCUT2D eigenvalue weighted by Gasteiger charge is -2.05. The normalized spacial score (nSPS) is 12.7. The minimum atomic E-state index is -3.89. The highest BCUT2D eigenvalue weighted by Gasteiger charge is 2.15. The Hall–Kier alpha value is -2.60. The number of nitrogens with zero attached hydrogens (tertiary/aromatic N) is 2. The number of hydrogen-bond donors (Lipinski definition) is 1. The van der Waals surface area contributed by atoms with Crippen molar-refractivity contribution in [3.05, 3.63) is 51.5 Å². The Morgan fingerprint density at radius 3 is 2.76 bits per heavy atom. The fourth-order valence-electron chi connectivity index (χ4n) is 2.48. The Bertz CT molecular complexity index is 1250. The standard InChI is InChI=1S/C18H17N3O5S3/c1-2-26-17(23)11-21-14-7-6-13(29(19,24)25)10-15(14)28-18(21)20-16(22)8-5-12-4-3-9-27-12/h3-10H,2,11H2,1H3,(H2,19,24,25)/b8-5+,20-18?. The van der Waals surface area contributed by atoms with Crippen molar-refractivity contribution in [2.45, 2.75) is 18.4 Å². The number of benzene rings is 1. The van der Waals surface area contributed by atoms with E-state index < -0.39 is 21.9 Å². The number of amides is 1. The van der Waals surface area contributed by atoms with Gasteiger partial charge in [0.2, 0.25) is 10.0 Å².